The van der Waals surface area contributed by atoms with Gasteiger partial charge in [0.2, 0.25) is 0 Å². The number of carbonyl (C=O) groups excluding carboxylic acids is 1. The molecule has 0 saturated carbocycles. The molecule has 0 radical (unpaired) electrons. The highest BCUT2D eigenvalue weighted by molar-refractivity contribution is 6.30. The van der Waals surface area contributed by atoms with Crippen molar-refractivity contribution >= 4 is 17.5 Å². The summed E-state index contributed by atoms with van der Waals surface area (Å²) in [4.78, 5) is 14.6. The maximum atomic E-state index is 12.8. The van der Waals surface area contributed by atoms with Crippen LogP contribution in [0.5, 0.6) is 0 Å². The molecule has 6 nitrogen and oxygen atoms in total. The molecule has 0 aliphatic carbocycles. The average molecular weight is 334 g/mol. The number of aromatic nitrogens is 3. The van der Waals surface area contributed by atoms with Gasteiger partial charge in [-0.2, -0.15) is 0 Å². The fraction of sp³-hybridized carbons (Fsp3) is 0.438. The summed E-state index contributed by atoms with van der Waals surface area (Å²) in [5.74, 6) is -0.0523. The number of hydrogen-bond acceptors (Lipinski definition) is 4. The summed E-state index contributed by atoms with van der Waals surface area (Å²) in [7, 11) is 0. The van der Waals surface area contributed by atoms with E-state index in [-0.39, 0.29) is 5.91 Å². The second kappa shape index (κ2) is 6.68. The first-order valence-electron chi connectivity index (χ1n) is 7.83. The molecule has 1 aromatic carbocycles. The van der Waals surface area contributed by atoms with E-state index in [1.165, 1.54) is 0 Å². The van der Waals surface area contributed by atoms with Crippen LogP contribution in [0.25, 0.3) is 5.69 Å². The molecule has 1 N–H and O–H groups in total. The predicted molar refractivity (Wildman–Crippen MR) is 89.1 cm³/mol. The molecule has 0 bridgehead atoms. The summed E-state index contributed by atoms with van der Waals surface area (Å²) in [6.45, 7) is 6.25. The molecular weight excluding hydrogens is 314 g/mol. The molecule has 1 aliphatic heterocycles. The number of piperazine rings is 1. The standard InChI is InChI=1S/C16H20ClN5O/c1-3-14-15(16(23)21-8-7-18-11(2)10-21)19-20-22(14)13-6-4-5-12(17)9-13/h4-6,9,11,18H,3,7-8,10H2,1-2H3. The zero-order chi connectivity index (χ0) is 16.4. The van der Waals surface area contributed by atoms with E-state index in [0.717, 1.165) is 17.9 Å². The first kappa shape index (κ1) is 16.0. The van der Waals surface area contributed by atoms with Crippen LogP contribution in [0.15, 0.2) is 24.3 Å². The van der Waals surface area contributed by atoms with Crippen LogP contribution >= 0.6 is 11.6 Å². The summed E-state index contributed by atoms with van der Waals surface area (Å²) in [5, 5.41) is 12.3. The first-order chi connectivity index (χ1) is 11.1. The molecule has 23 heavy (non-hydrogen) atoms. The van der Waals surface area contributed by atoms with Gasteiger partial charge in [-0.15, -0.1) is 5.10 Å². The number of hydrogen-bond donors (Lipinski definition) is 1. The molecule has 1 aromatic heterocycles. The van der Waals surface area contributed by atoms with Gasteiger partial charge >= 0.3 is 0 Å². The molecular formula is C16H20ClN5O. The van der Waals surface area contributed by atoms with Crippen molar-refractivity contribution in [2.45, 2.75) is 26.3 Å². The summed E-state index contributed by atoms with van der Waals surface area (Å²) < 4.78 is 1.70. The highest BCUT2D eigenvalue weighted by Gasteiger charge is 2.27. The van der Waals surface area contributed by atoms with Crippen LogP contribution < -0.4 is 5.32 Å². The van der Waals surface area contributed by atoms with E-state index in [4.69, 9.17) is 11.6 Å². The number of rotatable bonds is 3. The first-order valence-corrected chi connectivity index (χ1v) is 8.21. The van der Waals surface area contributed by atoms with Crippen LogP contribution in [0.4, 0.5) is 0 Å². The highest BCUT2D eigenvalue weighted by Crippen LogP contribution is 2.19. The Kier molecular flexibility index (Phi) is 4.63. The lowest BCUT2D eigenvalue weighted by Gasteiger charge is -2.31. The van der Waals surface area contributed by atoms with Crippen LogP contribution in [0, 0.1) is 0 Å². The van der Waals surface area contributed by atoms with Gasteiger partial charge < -0.3 is 10.2 Å². The number of nitrogens with one attached hydrogen (secondary N) is 1. The van der Waals surface area contributed by atoms with Crippen LogP contribution in [0.1, 0.15) is 30.0 Å². The smallest absolute Gasteiger partial charge is 0.276 e. The number of nitrogens with zero attached hydrogens (tertiary/aromatic N) is 4. The monoisotopic (exact) mass is 333 g/mol. The number of benzene rings is 1. The summed E-state index contributed by atoms with van der Waals surface area (Å²) in [6.07, 6.45) is 0.669. The maximum absolute atomic E-state index is 12.8. The Morgan fingerprint density at radius 2 is 2.30 bits per heavy atom. The molecule has 7 heteroatoms. The van der Waals surface area contributed by atoms with Crippen molar-refractivity contribution in [2.75, 3.05) is 19.6 Å². The maximum Gasteiger partial charge on any atom is 0.276 e. The van der Waals surface area contributed by atoms with E-state index >= 15 is 0 Å². The lowest BCUT2D eigenvalue weighted by atomic mass is 10.2. The van der Waals surface area contributed by atoms with Crippen molar-refractivity contribution < 1.29 is 4.79 Å². The van der Waals surface area contributed by atoms with Crippen molar-refractivity contribution in [3.63, 3.8) is 0 Å². The Morgan fingerprint density at radius 1 is 1.48 bits per heavy atom. The fourth-order valence-corrected chi connectivity index (χ4v) is 3.05. The van der Waals surface area contributed by atoms with Crippen LogP contribution in [-0.4, -0.2) is 51.5 Å². The Labute approximate surface area is 140 Å². The third-order valence-corrected chi connectivity index (χ3v) is 4.24. The Hall–Kier alpha value is -1.92. The van der Waals surface area contributed by atoms with Crippen LogP contribution in [0.3, 0.4) is 0 Å². The summed E-state index contributed by atoms with van der Waals surface area (Å²) >= 11 is 6.05. The van der Waals surface area contributed by atoms with Crippen molar-refractivity contribution in [3.05, 3.63) is 40.7 Å². The van der Waals surface area contributed by atoms with Crippen LogP contribution in [-0.2, 0) is 6.42 Å². The number of amides is 1. The molecule has 1 atom stereocenters. The van der Waals surface area contributed by atoms with Gasteiger partial charge in [-0.3, -0.25) is 4.79 Å². The minimum Gasteiger partial charge on any atom is -0.334 e. The lowest BCUT2D eigenvalue weighted by molar-refractivity contribution is 0.0702. The molecule has 122 valence electrons. The van der Waals surface area contributed by atoms with E-state index in [1.807, 2.05) is 36.1 Å². The third kappa shape index (κ3) is 3.23. The second-order valence-corrected chi connectivity index (χ2v) is 6.17. The van der Waals surface area contributed by atoms with Gasteiger partial charge in [0.1, 0.15) is 0 Å². The van der Waals surface area contributed by atoms with Crippen LogP contribution in [0.2, 0.25) is 5.02 Å². The Bertz CT molecular complexity index is 714. The van der Waals surface area contributed by atoms with Crippen molar-refractivity contribution in [3.8, 4) is 5.69 Å². The SMILES string of the molecule is CCc1c(C(=O)N2CCNC(C)C2)nnn1-c1cccc(Cl)c1. The van der Waals surface area contributed by atoms with Crippen molar-refractivity contribution in [1.29, 1.82) is 0 Å². The fourth-order valence-electron chi connectivity index (χ4n) is 2.87. The summed E-state index contributed by atoms with van der Waals surface area (Å²) in [5.41, 5.74) is 2.06. The molecule has 1 fully saturated rings. The van der Waals surface area contributed by atoms with Gasteiger partial charge in [0.15, 0.2) is 5.69 Å². The Morgan fingerprint density at radius 3 is 3.00 bits per heavy atom. The highest BCUT2D eigenvalue weighted by atomic mass is 35.5. The van der Waals surface area contributed by atoms with E-state index in [9.17, 15) is 4.79 Å². The average Bonchev–Trinajstić information content (AvgIpc) is 2.98. The van der Waals surface area contributed by atoms with Gasteiger partial charge in [-0.05, 0) is 31.5 Å². The zero-order valence-corrected chi connectivity index (χ0v) is 14.0. The zero-order valence-electron chi connectivity index (χ0n) is 13.3. The van der Waals surface area contributed by atoms with Crippen molar-refractivity contribution in [2.24, 2.45) is 0 Å². The number of halogens is 1. The minimum atomic E-state index is -0.0523. The molecule has 2 heterocycles. The molecule has 1 unspecified atom stereocenters. The normalized spacial score (nSPS) is 18.2. The molecule has 1 aliphatic rings. The molecule has 3 rings (SSSR count). The largest absolute Gasteiger partial charge is 0.334 e. The predicted octanol–water partition coefficient (Wildman–Crippen LogP) is 1.92. The topological polar surface area (TPSA) is 63.1 Å². The minimum absolute atomic E-state index is 0.0523. The van der Waals surface area contributed by atoms with Gasteiger partial charge in [0, 0.05) is 30.7 Å². The van der Waals surface area contributed by atoms with Gasteiger partial charge in [-0.1, -0.05) is 29.8 Å². The van der Waals surface area contributed by atoms with E-state index in [1.54, 1.807) is 4.68 Å². The molecule has 1 amide bonds. The third-order valence-electron chi connectivity index (χ3n) is 4.01. The Balaban J connectivity index is 1.93. The molecule has 1 saturated heterocycles. The molecule has 2 aromatic rings. The van der Waals surface area contributed by atoms with Gasteiger partial charge in [0.05, 0.1) is 11.4 Å². The van der Waals surface area contributed by atoms with E-state index < -0.39 is 0 Å². The van der Waals surface area contributed by atoms with Gasteiger partial charge in [0.25, 0.3) is 5.91 Å². The summed E-state index contributed by atoms with van der Waals surface area (Å²) in [6, 6.07) is 7.68. The lowest BCUT2D eigenvalue weighted by Crippen LogP contribution is -2.51. The van der Waals surface area contributed by atoms with E-state index in [0.29, 0.717) is 36.3 Å². The van der Waals surface area contributed by atoms with Crippen molar-refractivity contribution in [1.82, 2.24) is 25.2 Å². The quantitative estimate of drug-likeness (QED) is 0.932. The second-order valence-electron chi connectivity index (χ2n) is 5.74. The van der Waals surface area contributed by atoms with E-state index in [2.05, 4.69) is 22.6 Å². The van der Waals surface area contributed by atoms with Gasteiger partial charge in [-0.25, -0.2) is 4.68 Å². The number of carbonyl (C=O) groups is 1. The molecule has 0 spiro atoms.